The number of benzene rings is 1. The molecule has 0 amide bonds. The van der Waals surface area contributed by atoms with Crippen molar-refractivity contribution in [2.45, 2.75) is 35.3 Å². The summed E-state index contributed by atoms with van der Waals surface area (Å²) in [6.07, 6.45) is 5.62. The average Bonchev–Trinajstić information content (AvgIpc) is 3.33. The lowest BCUT2D eigenvalue weighted by Gasteiger charge is -2.07. The summed E-state index contributed by atoms with van der Waals surface area (Å²) in [5.74, 6) is 0.894. The molecule has 4 aromatic rings. The van der Waals surface area contributed by atoms with Gasteiger partial charge in [-0.25, -0.2) is 9.38 Å². The monoisotopic (exact) mass is 384 g/mol. The van der Waals surface area contributed by atoms with Gasteiger partial charge in [-0.3, -0.25) is 0 Å². The smallest absolute Gasteiger partial charge is 0.197 e. The van der Waals surface area contributed by atoms with Crippen molar-refractivity contribution in [2.24, 2.45) is 0 Å². The first-order chi connectivity index (χ1) is 12.3. The van der Waals surface area contributed by atoms with Gasteiger partial charge in [0, 0.05) is 10.6 Å². The van der Waals surface area contributed by atoms with Gasteiger partial charge in [-0.05, 0) is 36.6 Å². The molecule has 1 aliphatic carbocycles. The Bertz CT molecular complexity index is 1070. The lowest BCUT2D eigenvalue weighted by atomic mass is 10.2. The maximum Gasteiger partial charge on any atom is 0.197 e. The summed E-state index contributed by atoms with van der Waals surface area (Å²) < 4.78 is 2.14. The number of aryl methyl sites for hydroxylation is 2. The highest BCUT2D eigenvalue weighted by Gasteiger charge is 2.24. The molecule has 0 N–H and O–H groups in total. The molecule has 0 unspecified atom stereocenters. The first-order valence-electron chi connectivity index (χ1n) is 8.25. The van der Waals surface area contributed by atoms with Crippen LogP contribution in [0, 0.1) is 0 Å². The van der Waals surface area contributed by atoms with Crippen LogP contribution in [-0.4, -0.2) is 25.8 Å². The molecule has 4 nitrogen and oxygen atoms in total. The Morgan fingerprint density at radius 1 is 1.12 bits per heavy atom. The second-order valence-electron chi connectivity index (χ2n) is 6.05. The summed E-state index contributed by atoms with van der Waals surface area (Å²) in [6.45, 7) is 0. The first kappa shape index (κ1) is 15.7. The van der Waals surface area contributed by atoms with Crippen LogP contribution in [0.25, 0.3) is 15.9 Å². The van der Waals surface area contributed by atoms with Crippen LogP contribution in [0.2, 0.25) is 0 Å². The van der Waals surface area contributed by atoms with Crippen LogP contribution in [0.15, 0.2) is 40.6 Å². The molecule has 0 radical (unpaired) electrons. The SMILES string of the molecule is CSc1nnc2c3c4c(sc3nc(SCc3ccccc3)n12)CCC4. The minimum Gasteiger partial charge on any atom is -0.248 e. The minimum atomic E-state index is 0.894. The van der Waals surface area contributed by atoms with E-state index in [1.165, 1.54) is 34.2 Å². The number of fused-ring (bicyclic) bond motifs is 5. The zero-order valence-electron chi connectivity index (χ0n) is 13.7. The Morgan fingerprint density at radius 3 is 2.84 bits per heavy atom. The van der Waals surface area contributed by atoms with E-state index in [4.69, 9.17) is 4.98 Å². The third-order valence-electron chi connectivity index (χ3n) is 4.54. The fourth-order valence-corrected chi connectivity index (χ4v) is 6.19. The molecule has 3 aromatic heterocycles. The van der Waals surface area contributed by atoms with Gasteiger partial charge in [0.15, 0.2) is 16.0 Å². The van der Waals surface area contributed by atoms with Crippen molar-refractivity contribution in [1.29, 1.82) is 0 Å². The van der Waals surface area contributed by atoms with E-state index in [2.05, 4.69) is 44.9 Å². The Kier molecular flexibility index (Phi) is 3.95. The van der Waals surface area contributed by atoms with Crippen molar-refractivity contribution in [1.82, 2.24) is 19.6 Å². The van der Waals surface area contributed by atoms with Crippen molar-refractivity contribution in [3.63, 3.8) is 0 Å². The van der Waals surface area contributed by atoms with Crippen LogP contribution >= 0.6 is 34.9 Å². The van der Waals surface area contributed by atoms with Gasteiger partial charge in [-0.15, -0.1) is 21.5 Å². The molecule has 0 bridgehead atoms. The Morgan fingerprint density at radius 2 is 2.00 bits per heavy atom. The van der Waals surface area contributed by atoms with E-state index in [0.29, 0.717) is 0 Å². The van der Waals surface area contributed by atoms with Gasteiger partial charge in [-0.2, -0.15) is 0 Å². The van der Waals surface area contributed by atoms with Gasteiger partial charge in [0.2, 0.25) is 0 Å². The van der Waals surface area contributed by atoms with E-state index in [1.807, 2.05) is 17.6 Å². The summed E-state index contributed by atoms with van der Waals surface area (Å²) in [7, 11) is 0. The highest BCUT2D eigenvalue weighted by molar-refractivity contribution is 7.99. The average molecular weight is 385 g/mol. The lowest BCUT2D eigenvalue weighted by Crippen LogP contribution is -1.98. The number of hydrogen-bond donors (Lipinski definition) is 0. The third-order valence-corrected chi connectivity index (χ3v) is 7.37. The van der Waals surface area contributed by atoms with E-state index >= 15 is 0 Å². The van der Waals surface area contributed by atoms with Gasteiger partial charge in [0.1, 0.15) is 4.83 Å². The van der Waals surface area contributed by atoms with E-state index < -0.39 is 0 Å². The van der Waals surface area contributed by atoms with Gasteiger partial charge in [-0.1, -0.05) is 53.9 Å². The quantitative estimate of drug-likeness (QED) is 0.372. The molecule has 0 fully saturated rings. The van der Waals surface area contributed by atoms with Crippen LogP contribution in [0.1, 0.15) is 22.4 Å². The van der Waals surface area contributed by atoms with E-state index in [0.717, 1.165) is 33.0 Å². The summed E-state index contributed by atoms with van der Waals surface area (Å²) in [6, 6.07) is 10.5. The van der Waals surface area contributed by atoms with Crippen molar-refractivity contribution in [2.75, 3.05) is 6.26 Å². The normalized spacial score (nSPS) is 13.8. The van der Waals surface area contributed by atoms with Crippen molar-refractivity contribution >= 4 is 50.7 Å². The molecule has 1 aromatic carbocycles. The number of nitrogens with zero attached hydrogens (tertiary/aromatic N) is 4. The molecule has 0 saturated carbocycles. The molecule has 1 aliphatic rings. The van der Waals surface area contributed by atoms with E-state index in [9.17, 15) is 0 Å². The molecule has 7 heteroatoms. The van der Waals surface area contributed by atoms with Crippen molar-refractivity contribution < 1.29 is 0 Å². The third kappa shape index (κ3) is 2.56. The van der Waals surface area contributed by atoms with Gasteiger partial charge < -0.3 is 0 Å². The lowest BCUT2D eigenvalue weighted by molar-refractivity contribution is 0.818. The Hall–Kier alpha value is -1.57. The molecule has 0 saturated heterocycles. The summed E-state index contributed by atoms with van der Waals surface area (Å²) >= 11 is 5.22. The molecular formula is C18H16N4S3. The predicted molar refractivity (Wildman–Crippen MR) is 106 cm³/mol. The standard InChI is InChI=1S/C18H16N4S3/c1-23-18-21-20-15-14-12-8-5-9-13(12)25-16(14)19-17(22(15)18)24-10-11-6-3-2-4-7-11/h2-4,6-7H,5,8-10H2,1H3. The predicted octanol–water partition coefficient (Wildman–Crippen LogP) is 4.84. The van der Waals surface area contributed by atoms with Crippen LogP contribution in [-0.2, 0) is 18.6 Å². The molecular weight excluding hydrogens is 368 g/mol. The molecule has 126 valence electrons. The fraction of sp³-hybridized carbons (Fsp3) is 0.278. The van der Waals surface area contributed by atoms with Crippen LogP contribution < -0.4 is 0 Å². The largest absolute Gasteiger partial charge is 0.248 e. The van der Waals surface area contributed by atoms with Gasteiger partial charge >= 0.3 is 0 Å². The van der Waals surface area contributed by atoms with Crippen LogP contribution in [0.4, 0.5) is 0 Å². The van der Waals surface area contributed by atoms with Crippen LogP contribution in [0.5, 0.6) is 0 Å². The number of hydrogen-bond acceptors (Lipinski definition) is 6. The van der Waals surface area contributed by atoms with Crippen LogP contribution in [0.3, 0.4) is 0 Å². The summed E-state index contributed by atoms with van der Waals surface area (Å²) in [4.78, 5) is 7.62. The number of aromatic nitrogens is 4. The van der Waals surface area contributed by atoms with E-state index in [-0.39, 0.29) is 0 Å². The fourth-order valence-electron chi connectivity index (χ4n) is 3.39. The second-order valence-corrected chi connectivity index (χ2v) is 8.85. The highest BCUT2D eigenvalue weighted by atomic mass is 32.2. The Labute approximate surface area is 158 Å². The van der Waals surface area contributed by atoms with Crippen molar-refractivity contribution in [3.05, 3.63) is 46.3 Å². The molecule has 3 heterocycles. The number of thioether (sulfide) groups is 2. The second kappa shape index (κ2) is 6.30. The summed E-state index contributed by atoms with van der Waals surface area (Å²) in [5.41, 5.74) is 3.73. The summed E-state index contributed by atoms with van der Waals surface area (Å²) in [5, 5.41) is 12.1. The van der Waals surface area contributed by atoms with E-state index in [1.54, 1.807) is 23.5 Å². The minimum absolute atomic E-state index is 0.894. The molecule has 5 rings (SSSR count). The molecule has 0 atom stereocenters. The number of rotatable bonds is 4. The molecule has 0 aliphatic heterocycles. The Balaban J connectivity index is 1.67. The van der Waals surface area contributed by atoms with Gasteiger partial charge in [0.25, 0.3) is 0 Å². The topological polar surface area (TPSA) is 43.1 Å². The molecule has 0 spiro atoms. The molecule has 25 heavy (non-hydrogen) atoms. The first-order valence-corrected chi connectivity index (χ1v) is 11.3. The maximum absolute atomic E-state index is 5.01. The zero-order valence-corrected chi connectivity index (χ0v) is 16.2. The van der Waals surface area contributed by atoms with Crippen molar-refractivity contribution in [3.8, 4) is 0 Å². The van der Waals surface area contributed by atoms with Gasteiger partial charge in [0.05, 0.1) is 5.39 Å². The maximum atomic E-state index is 5.01. The zero-order chi connectivity index (χ0) is 16.8. The number of thiophene rings is 1. The highest BCUT2D eigenvalue weighted by Crippen LogP contribution is 2.40.